The summed E-state index contributed by atoms with van der Waals surface area (Å²) >= 11 is 0. The van der Waals surface area contributed by atoms with Gasteiger partial charge in [0.1, 0.15) is 5.82 Å². The van der Waals surface area contributed by atoms with Crippen molar-refractivity contribution in [3.8, 4) is 5.69 Å². The van der Waals surface area contributed by atoms with Gasteiger partial charge in [-0.25, -0.2) is 9.07 Å². The van der Waals surface area contributed by atoms with Gasteiger partial charge in [0.05, 0.1) is 34.8 Å². The second kappa shape index (κ2) is 7.59. The largest absolute Gasteiger partial charge is 0.322 e. The average Bonchev–Trinajstić information content (AvgIpc) is 3.07. The van der Waals surface area contributed by atoms with E-state index in [1.54, 1.807) is 24.7 Å². The highest BCUT2D eigenvalue weighted by molar-refractivity contribution is 5.85. The molecule has 132 valence electrons. The van der Waals surface area contributed by atoms with Crippen LogP contribution in [-0.4, -0.2) is 19.7 Å². The van der Waals surface area contributed by atoms with Crippen molar-refractivity contribution < 1.29 is 4.39 Å². The van der Waals surface area contributed by atoms with Gasteiger partial charge in [0, 0.05) is 24.2 Å². The highest BCUT2D eigenvalue weighted by atomic mass is 35.5. The Kier molecular flexibility index (Phi) is 5.25. The summed E-state index contributed by atoms with van der Waals surface area (Å²) in [6.07, 6.45) is 5.30. The lowest BCUT2D eigenvalue weighted by Crippen LogP contribution is -2.19. The number of nitrogens with two attached hydrogens (primary N) is 1. The SMILES string of the molecule is Cl.NC(Cc1ncccc1F)c1ncccc1-n1ncc2ccccc21. The third-order valence-corrected chi connectivity index (χ3v) is 4.12. The van der Waals surface area contributed by atoms with Gasteiger partial charge in [-0.05, 0) is 30.3 Å². The van der Waals surface area contributed by atoms with Crippen molar-refractivity contribution in [3.63, 3.8) is 0 Å². The Morgan fingerprint density at radius 2 is 1.77 bits per heavy atom. The van der Waals surface area contributed by atoms with Crippen LogP contribution in [0.15, 0.2) is 67.1 Å². The van der Waals surface area contributed by atoms with Crippen molar-refractivity contribution >= 4 is 23.3 Å². The molecule has 5 nitrogen and oxygen atoms in total. The number of aromatic nitrogens is 4. The summed E-state index contributed by atoms with van der Waals surface area (Å²) < 4.78 is 15.7. The first-order chi connectivity index (χ1) is 12.2. The van der Waals surface area contributed by atoms with E-state index in [1.807, 2.05) is 41.1 Å². The summed E-state index contributed by atoms with van der Waals surface area (Å²) in [5.41, 5.74) is 9.07. The molecule has 0 aliphatic carbocycles. The van der Waals surface area contributed by atoms with Crippen molar-refractivity contribution in [2.75, 3.05) is 0 Å². The van der Waals surface area contributed by atoms with E-state index in [4.69, 9.17) is 5.73 Å². The minimum Gasteiger partial charge on any atom is -0.322 e. The van der Waals surface area contributed by atoms with E-state index >= 15 is 0 Å². The molecule has 0 aliphatic rings. The van der Waals surface area contributed by atoms with Crippen molar-refractivity contribution in [2.24, 2.45) is 5.73 Å². The average molecular weight is 370 g/mol. The Hall–Kier alpha value is -2.83. The fraction of sp³-hybridized carbons (Fsp3) is 0.105. The van der Waals surface area contributed by atoms with Gasteiger partial charge in [-0.1, -0.05) is 18.2 Å². The molecule has 7 heteroatoms. The third kappa shape index (κ3) is 3.29. The summed E-state index contributed by atoms with van der Waals surface area (Å²) in [6, 6.07) is 14.1. The van der Waals surface area contributed by atoms with Gasteiger partial charge in [0.15, 0.2) is 0 Å². The lowest BCUT2D eigenvalue weighted by atomic mass is 10.1. The fourth-order valence-corrected chi connectivity index (χ4v) is 2.91. The molecule has 2 N–H and O–H groups in total. The molecule has 0 amide bonds. The maximum Gasteiger partial charge on any atom is 0.144 e. The monoisotopic (exact) mass is 369 g/mol. The summed E-state index contributed by atoms with van der Waals surface area (Å²) in [5, 5.41) is 5.49. The first-order valence-corrected chi connectivity index (χ1v) is 7.97. The van der Waals surface area contributed by atoms with Gasteiger partial charge >= 0.3 is 0 Å². The minimum atomic E-state index is -0.497. The van der Waals surface area contributed by atoms with Crippen LogP contribution in [0.25, 0.3) is 16.6 Å². The highest BCUT2D eigenvalue weighted by Crippen LogP contribution is 2.24. The fourth-order valence-electron chi connectivity index (χ4n) is 2.91. The quantitative estimate of drug-likeness (QED) is 0.596. The van der Waals surface area contributed by atoms with E-state index in [9.17, 15) is 4.39 Å². The summed E-state index contributed by atoms with van der Waals surface area (Å²) in [4.78, 5) is 8.51. The number of benzene rings is 1. The molecule has 0 radical (unpaired) electrons. The Balaban J connectivity index is 0.00000196. The zero-order valence-electron chi connectivity index (χ0n) is 13.8. The van der Waals surface area contributed by atoms with E-state index in [1.165, 1.54) is 6.07 Å². The predicted molar refractivity (Wildman–Crippen MR) is 101 cm³/mol. The van der Waals surface area contributed by atoms with Crippen molar-refractivity contribution in [3.05, 3.63) is 84.3 Å². The molecule has 4 aromatic rings. The van der Waals surface area contributed by atoms with Crippen LogP contribution in [0.2, 0.25) is 0 Å². The molecule has 1 unspecified atom stereocenters. The standard InChI is InChI=1S/C19H16FN5.ClH/c20-14-6-3-9-22-16(14)11-15(21)19-18(8-4-10-23-19)25-17-7-2-1-5-13(17)12-24-25;/h1-10,12,15H,11,21H2;1H. The van der Waals surface area contributed by atoms with Gasteiger partial charge in [-0.3, -0.25) is 9.97 Å². The van der Waals surface area contributed by atoms with Crippen LogP contribution in [0.4, 0.5) is 4.39 Å². The highest BCUT2D eigenvalue weighted by Gasteiger charge is 2.18. The first kappa shape index (κ1) is 18.0. The molecule has 0 saturated heterocycles. The number of para-hydroxylation sites is 1. The van der Waals surface area contributed by atoms with Crippen molar-refractivity contribution in [1.29, 1.82) is 0 Å². The van der Waals surface area contributed by atoms with E-state index in [-0.39, 0.29) is 24.6 Å². The number of rotatable bonds is 4. The zero-order chi connectivity index (χ0) is 17.2. The molecule has 0 aliphatic heterocycles. The Bertz CT molecular complexity index is 1030. The maximum absolute atomic E-state index is 13.9. The van der Waals surface area contributed by atoms with Crippen LogP contribution in [0.5, 0.6) is 0 Å². The topological polar surface area (TPSA) is 69.6 Å². The van der Waals surface area contributed by atoms with Crippen LogP contribution < -0.4 is 5.73 Å². The molecule has 1 atom stereocenters. The molecule has 0 saturated carbocycles. The molecule has 3 heterocycles. The van der Waals surface area contributed by atoms with Gasteiger partial charge < -0.3 is 5.73 Å². The summed E-state index contributed by atoms with van der Waals surface area (Å²) in [6.45, 7) is 0. The van der Waals surface area contributed by atoms with Gasteiger partial charge in [0.2, 0.25) is 0 Å². The number of pyridine rings is 2. The molecule has 0 bridgehead atoms. The van der Waals surface area contributed by atoms with Gasteiger partial charge in [-0.15, -0.1) is 12.4 Å². The predicted octanol–water partition coefficient (Wildman–Crippen LogP) is 3.62. The Labute approximate surface area is 156 Å². The number of hydrogen-bond donors (Lipinski definition) is 1. The molecule has 3 aromatic heterocycles. The van der Waals surface area contributed by atoms with Crippen molar-refractivity contribution in [1.82, 2.24) is 19.7 Å². The smallest absolute Gasteiger partial charge is 0.144 e. The Morgan fingerprint density at radius 1 is 1.00 bits per heavy atom. The molecule has 0 spiro atoms. The van der Waals surface area contributed by atoms with E-state index in [0.29, 0.717) is 11.4 Å². The van der Waals surface area contributed by atoms with Crippen LogP contribution >= 0.6 is 12.4 Å². The summed E-state index contributed by atoms with van der Waals surface area (Å²) in [7, 11) is 0. The van der Waals surface area contributed by atoms with Crippen molar-refractivity contribution in [2.45, 2.75) is 12.5 Å². The number of nitrogens with zero attached hydrogens (tertiary/aromatic N) is 4. The molecule has 0 fully saturated rings. The van der Waals surface area contributed by atoms with E-state index in [2.05, 4.69) is 15.1 Å². The molecular weight excluding hydrogens is 353 g/mol. The third-order valence-electron chi connectivity index (χ3n) is 4.12. The number of fused-ring (bicyclic) bond motifs is 1. The second-order valence-corrected chi connectivity index (χ2v) is 5.77. The van der Waals surface area contributed by atoms with E-state index in [0.717, 1.165) is 16.6 Å². The molecule has 26 heavy (non-hydrogen) atoms. The first-order valence-electron chi connectivity index (χ1n) is 7.97. The zero-order valence-corrected chi connectivity index (χ0v) is 14.6. The number of hydrogen-bond acceptors (Lipinski definition) is 4. The van der Waals surface area contributed by atoms with Crippen LogP contribution in [0.3, 0.4) is 0 Å². The molecular formula is C19H17ClFN5. The van der Waals surface area contributed by atoms with Crippen LogP contribution in [0, 0.1) is 5.82 Å². The molecule has 4 rings (SSSR count). The normalized spacial score (nSPS) is 11.9. The van der Waals surface area contributed by atoms with Gasteiger partial charge in [0.25, 0.3) is 0 Å². The van der Waals surface area contributed by atoms with E-state index < -0.39 is 6.04 Å². The lowest BCUT2D eigenvalue weighted by molar-refractivity contribution is 0.575. The van der Waals surface area contributed by atoms with Crippen LogP contribution in [0.1, 0.15) is 17.4 Å². The number of halogens is 2. The molecule has 1 aromatic carbocycles. The van der Waals surface area contributed by atoms with Crippen LogP contribution in [-0.2, 0) is 6.42 Å². The summed E-state index contributed by atoms with van der Waals surface area (Å²) in [5.74, 6) is -0.361. The Morgan fingerprint density at radius 3 is 2.62 bits per heavy atom. The minimum absolute atomic E-state index is 0. The maximum atomic E-state index is 13.9. The van der Waals surface area contributed by atoms with Gasteiger partial charge in [-0.2, -0.15) is 5.10 Å². The lowest BCUT2D eigenvalue weighted by Gasteiger charge is -2.15. The second-order valence-electron chi connectivity index (χ2n) is 5.77.